The number of aromatic nitrogens is 2. The molecule has 0 amide bonds. The number of nitrogens with zero attached hydrogens (tertiary/aromatic N) is 1. The van der Waals surface area contributed by atoms with E-state index in [0.717, 1.165) is 34.4 Å². The van der Waals surface area contributed by atoms with Crippen LogP contribution in [0, 0.1) is 19.8 Å². The van der Waals surface area contributed by atoms with Crippen LogP contribution in [0.3, 0.4) is 0 Å². The van der Waals surface area contributed by atoms with E-state index in [-0.39, 0.29) is 62.7 Å². The molecular formula is C23H27KN2O4-2. The standard InChI is InChI=1S/C12H13N2O2.C11H14O2.K/c1-7(2)3-10-9-4-8(6-15)12(16)5-11(9)14-13-10;1-9-4-5-11(8-10(9)2)13-7-6-12-3;/h4-5,7,16H,3H2,1-2H3,(H,13,14);4-5,8H,1-2,6-7H2,3H3;/q-1;-2;+1. The first-order chi connectivity index (χ1) is 13.8. The van der Waals surface area contributed by atoms with Crippen molar-refractivity contribution < 1.29 is 70.8 Å². The minimum absolute atomic E-state index is 0. The Hall–Kier alpha value is -1.48. The van der Waals surface area contributed by atoms with Crippen molar-refractivity contribution in [2.75, 3.05) is 20.3 Å². The van der Waals surface area contributed by atoms with Crippen LogP contribution < -0.4 is 56.1 Å². The number of fused-ring (bicyclic) bond motifs is 1. The number of benzene rings is 2. The summed E-state index contributed by atoms with van der Waals surface area (Å²) in [5.74, 6) is 1.24. The van der Waals surface area contributed by atoms with Gasteiger partial charge < -0.3 is 19.4 Å². The normalized spacial score (nSPS) is 10.3. The van der Waals surface area contributed by atoms with Gasteiger partial charge in [0.15, 0.2) is 0 Å². The van der Waals surface area contributed by atoms with Crippen molar-refractivity contribution in [3.05, 3.63) is 66.6 Å². The molecule has 6 nitrogen and oxygen atoms in total. The summed E-state index contributed by atoms with van der Waals surface area (Å²) in [7, 11) is 1.65. The number of ether oxygens (including phenoxy) is 2. The van der Waals surface area contributed by atoms with E-state index in [1.165, 1.54) is 6.07 Å². The van der Waals surface area contributed by atoms with E-state index in [9.17, 15) is 9.90 Å². The molecule has 0 saturated carbocycles. The Morgan fingerprint density at radius 3 is 2.50 bits per heavy atom. The van der Waals surface area contributed by atoms with Crippen molar-refractivity contribution in [2.24, 2.45) is 5.92 Å². The van der Waals surface area contributed by atoms with Gasteiger partial charge in [-0.25, -0.2) is 6.07 Å². The molecule has 0 aliphatic carbocycles. The summed E-state index contributed by atoms with van der Waals surface area (Å²) in [6.45, 7) is 13.0. The van der Waals surface area contributed by atoms with Crippen LogP contribution in [0.2, 0.25) is 0 Å². The third-order valence-electron chi connectivity index (χ3n) is 4.21. The molecule has 0 aliphatic rings. The Labute approximate surface area is 220 Å². The van der Waals surface area contributed by atoms with Crippen molar-refractivity contribution in [1.29, 1.82) is 0 Å². The molecule has 1 aromatic heterocycles. The predicted octanol–water partition coefficient (Wildman–Crippen LogP) is 1.00. The molecule has 3 rings (SSSR count). The molecule has 0 aliphatic heterocycles. The van der Waals surface area contributed by atoms with Gasteiger partial charge in [-0.1, -0.05) is 13.8 Å². The second kappa shape index (κ2) is 13.0. The minimum Gasteiger partial charge on any atom is -0.565 e. The van der Waals surface area contributed by atoms with E-state index in [1.54, 1.807) is 19.5 Å². The second-order valence-electron chi connectivity index (χ2n) is 7.06. The molecule has 30 heavy (non-hydrogen) atoms. The number of rotatable bonds is 7. The quantitative estimate of drug-likeness (QED) is 0.329. The monoisotopic (exact) mass is 434 g/mol. The summed E-state index contributed by atoms with van der Waals surface area (Å²) < 4.78 is 10.3. The topological polar surface area (TPSA) is 84.4 Å². The first-order valence-electron chi connectivity index (χ1n) is 9.33. The summed E-state index contributed by atoms with van der Waals surface area (Å²) in [4.78, 5) is 10.6. The van der Waals surface area contributed by atoms with Crippen molar-refractivity contribution in [2.45, 2.75) is 20.3 Å². The Morgan fingerprint density at radius 1 is 1.17 bits per heavy atom. The van der Waals surface area contributed by atoms with Gasteiger partial charge in [-0.3, -0.25) is 30.1 Å². The van der Waals surface area contributed by atoms with Gasteiger partial charge in [-0.2, -0.15) is 11.2 Å². The number of nitrogens with one attached hydrogen (secondary N) is 1. The Morgan fingerprint density at radius 2 is 1.90 bits per heavy atom. The van der Waals surface area contributed by atoms with Gasteiger partial charge in [0.25, 0.3) is 0 Å². The van der Waals surface area contributed by atoms with Gasteiger partial charge >= 0.3 is 51.4 Å². The molecule has 0 saturated heterocycles. The average molecular weight is 435 g/mol. The zero-order chi connectivity index (χ0) is 21.4. The molecule has 1 heterocycles. The molecule has 0 unspecified atom stereocenters. The van der Waals surface area contributed by atoms with E-state index < -0.39 is 0 Å². The van der Waals surface area contributed by atoms with Crippen LogP contribution >= 0.6 is 0 Å². The number of H-pyrrole nitrogens is 1. The molecule has 2 N–H and O–H groups in total. The average Bonchev–Trinajstić information content (AvgIpc) is 3.05. The van der Waals surface area contributed by atoms with Crippen LogP contribution in [-0.2, 0) is 16.0 Å². The number of carbonyl (C=O) groups excluding carboxylic acids is 1. The first-order valence-corrected chi connectivity index (χ1v) is 9.33. The van der Waals surface area contributed by atoms with Crippen LogP contribution in [0.15, 0.2) is 30.3 Å². The summed E-state index contributed by atoms with van der Waals surface area (Å²) in [6.07, 6.45) is 2.58. The summed E-state index contributed by atoms with van der Waals surface area (Å²) in [5.41, 5.74) is 3.67. The molecule has 0 atom stereocenters. The van der Waals surface area contributed by atoms with Crippen molar-refractivity contribution in [3.8, 4) is 11.5 Å². The number of methoxy groups -OCH3 is 1. The van der Waals surface area contributed by atoms with Gasteiger partial charge in [-0.15, -0.1) is 17.7 Å². The van der Waals surface area contributed by atoms with Crippen LogP contribution in [0.5, 0.6) is 11.5 Å². The Kier molecular flexibility index (Phi) is 11.5. The third kappa shape index (κ3) is 7.65. The number of aromatic amines is 1. The molecule has 7 heteroatoms. The van der Waals surface area contributed by atoms with Crippen molar-refractivity contribution >= 4 is 17.2 Å². The molecule has 2 aromatic carbocycles. The summed E-state index contributed by atoms with van der Waals surface area (Å²) in [6, 6.07) is 8.75. The van der Waals surface area contributed by atoms with E-state index in [0.29, 0.717) is 24.6 Å². The maximum atomic E-state index is 10.6. The maximum Gasteiger partial charge on any atom is 1.00 e. The van der Waals surface area contributed by atoms with E-state index in [1.807, 2.05) is 18.2 Å². The van der Waals surface area contributed by atoms with E-state index in [4.69, 9.17) is 9.47 Å². The summed E-state index contributed by atoms with van der Waals surface area (Å²) >= 11 is 0. The first kappa shape index (κ1) is 26.6. The van der Waals surface area contributed by atoms with E-state index >= 15 is 0 Å². The van der Waals surface area contributed by atoms with Gasteiger partial charge in [0.2, 0.25) is 0 Å². The number of phenolic OH excluding ortho intramolecular Hbond substituents is 1. The molecule has 0 spiro atoms. The zero-order valence-corrected chi connectivity index (χ0v) is 21.2. The molecular weight excluding hydrogens is 407 g/mol. The van der Waals surface area contributed by atoms with Crippen LogP contribution in [0.1, 0.15) is 36.2 Å². The second-order valence-corrected chi connectivity index (χ2v) is 7.06. The zero-order valence-electron chi connectivity index (χ0n) is 18.1. The fraction of sp³-hybridized carbons (Fsp3) is 0.304. The molecule has 156 valence electrons. The van der Waals surface area contributed by atoms with Crippen LogP contribution in [0.25, 0.3) is 10.9 Å². The van der Waals surface area contributed by atoms with Gasteiger partial charge in [0.05, 0.1) is 18.4 Å². The third-order valence-corrected chi connectivity index (χ3v) is 4.21. The van der Waals surface area contributed by atoms with Gasteiger partial charge in [0, 0.05) is 24.3 Å². The molecule has 3 aromatic rings. The van der Waals surface area contributed by atoms with E-state index in [2.05, 4.69) is 37.9 Å². The summed E-state index contributed by atoms with van der Waals surface area (Å²) in [5, 5.41) is 17.4. The number of hydrogen-bond donors (Lipinski definition) is 2. The maximum absolute atomic E-state index is 10.6. The molecule has 0 fully saturated rings. The Bertz CT molecular complexity index is 954. The van der Waals surface area contributed by atoms with Gasteiger partial charge in [0.1, 0.15) is 6.61 Å². The molecule has 0 radical (unpaired) electrons. The smallest absolute Gasteiger partial charge is 0.565 e. The number of hydrogen-bond acceptors (Lipinski definition) is 5. The fourth-order valence-corrected chi connectivity index (χ4v) is 2.68. The number of aromatic hydroxyl groups is 1. The SMILES string of the molecule is CC(C)Cc1[nH]nc2cc(O)c([C-]=O)cc12.[CH2-]c1ccc(OCCOC)cc1[CH2-].[K+]. The minimum atomic E-state index is -0.0786. The molecule has 0 bridgehead atoms. The Balaban J connectivity index is 0.000000297. The van der Waals surface area contributed by atoms with Gasteiger partial charge in [-0.05, 0) is 23.8 Å². The fourth-order valence-electron chi connectivity index (χ4n) is 2.68. The predicted molar refractivity (Wildman–Crippen MR) is 114 cm³/mol. The van der Waals surface area contributed by atoms with Crippen molar-refractivity contribution in [1.82, 2.24) is 10.2 Å². The largest absolute Gasteiger partial charge is 1.00 e. The van der Waals surface area contributed by atoms with Crippen LogP contribution in [0.4, 0.5) is 0 Å². The van der Waals surface area contributed by atoms with Crippen molar-refractivity contribution in [3.63, 3.8) is 0 Å². The van der Waals surface area contributed by atoms with Crippen LogP contribution in [-0.4, -0.2) is 41.9 Å². The number of phenols is 1.